The van der Waals surface area contributed by atoms with Gasteiger partial charge in [0.25, 0.3) is 0 Å². The minimum absolute atomic E-state index is 0.137. The van der Waals surface area contributed by atoms with Gasteiger partial charge in [0.15, 0.2) is 5.76 Å². The standard InChI is InChI=1S/C9H14O3/c10-7-5-3-1-2-4-6-8(11)9(7)12/h10,12H,1-6H2/b9-7-. The van der Waals surface area contributed by atoms with Crippen molar-refractivity contribution in [2.24, 2.45) is 0 Å². The van der Waals surface area contributed by atoms with Crippen LogP contribution in [0.25, 0.3) is 0 Å². The largest absolute Gasteiger partial charge is 0.508 e. The van der Waals surface area contributed by atoms with Crippen molar-refractivity contribution >= 4 is 5.78 Å². The number of hydrogen-bond donors (Lipinski definition) is 2. The Balaban J connectivity index is 2.69. The number of ketones is 1. The fourth-order valence-electron chi connectivity index (χ4n) is 1.33. The summed E-state index contributed by atoms with van der Waals surface area (Å²) in [5.74, 6) is -0.881. The van der Waals surface area contributed by atoms with Gasteiger partial charge in [-0.1, -0.05) is 12.8 Å². The molecule has 1 rings (SSSR count). The van der Waals surface area contributed by atoms with Gasteiger partial charge in [0, 0.05) is 12.8 Å². The number of aliphatic hydroxyl groups is 2. The molecule has 0 heterocycles. The van der Waals surface area contributed by atoms with Crippen LogP contribution in [0, 0.1) is 0 Å². The molecule has 0 aromatic rings. The molecule has 0 aromatic carbocycles. The van der Waals surface area contributed by atoms with Crippen molar-refractivity contribution in [2.75, 3.05) is 0 Å². The Bertz CT molecular complexity index is 206. The van der Waals surface area contributed by atoms with E-state index in [9.17, 15) is 9.90 Å². The maximum atomic E-state index is 11.1. The van der Waals surface area contributed by atoms with Crippen molar-refractivity contribution < 1.29 is 15.0 Å². The molecule has 0 aliphatic heterocycles. The molecule has 1 aliphatic rings. The number of aliphatic hydroxyl groups excluding tert-OH is 2. The van der Waals surface area contributed by atoms with Crippen LogP contribution in [0.2, 0.25) is 0 Å². The second kappa shape index (κ2) is 4.14. The average molecular weight is 170 g/mol. The fraction of sp³-hybridized carbons (Fsp3) is 0.667. The van der Waals surface area contributed by atoms with E-state index in [1.54, 1.807) is 0 Å². The zero-order valence-corrected chi connectivity index (χ0v) is 7.05. The van der Waals surface area contributed by atoms with Crippen LogP contribution >= 0.6 is 0 Å². The Morgan fingerprint density at radius 2 is 1.50 bits per heavy atom. The van der Waals surface area contributed by atoms with Crippen molar-refractivity contribution in [3.8, 4) is 0 Å². The second-order valence-electron chi connectivity index (χ2n) is 3.13. The Morgan fingerprint density at radius 3 is 2.17 bits per heavy atom. The van der Waals surface area contributed by atoms with Gasteiger partial charge in [0.1, 0.15) is 5.76 Å². The molecule has 0 spiro atoms. The van der Waals surface area contributed by atoms with E-state index >= 15 is 0 Å². The van der Waals surface area contributed by atoms with Crippen LogP contribution in [-0.4, -0.2) is 16.0 Å². The van der Waals surface area contributed by atoms with Gasteiger partial charge in [0.2, 0.25) is 5.78 Å². The molecule has 0 bridgehead atoms. The summed E-state index contributed by atoms with van der Waals surface area (Å²) in [4.78, 5) is 11.1. The zero-order chi connectivity index (χ0) is 8.97. The van der Waals surface area contributed by atoms with Gasteiger partial charge in [-0.25, -0.2) is 0 Å². The van der Waals surface area contributed by atoms with Gasteiger partial charge < -0.3 is 10.2 Å². The summed E-state index contributed by atoms with van der Waals surface area (Å²) in [5.41, 5.74) is 0. The lowest BCUT2D eigenvalue weighted by atomic mass is 10.1. The molecule has 68 valence electrons. The highest BCUT2D eigenvalue weighted by atomic mass is 16.3. The summed E-state index contributed by atoms with van der Waals surface area (Å²) in [7, 11) is 0. The molecular weight excluding hydrogens is 156 g/mol. The number of allylic oxidation sites excluding steroid dienone is 2. The first-order valence-corrected chi connectivity index (χ1v) is 4.36. The third-order valence-corrected chi connectivity index (χ3v) is 2.10. The highest BCUT2D eigenvalue weighted by molar-refractivity contribution is 5.93. The average Bonchev–Trinajstić information content (AvgIpc) is 2.12. The summed E-state index contributed by atoms with van der Waals surface area (Å²) in [6.07, 6.45) is 4.48. The van der Waals surface area contributed by atoms with Crippen molar-refractivity contribution in [1.29, 1.82) is 0 Å². The number of carbonyl (C=O) groups excluding carboxylic acids is 1. The molecular formula is C9H14O3. The Hall–Kier alpha value is -0.990. The van der Waals surface area contributed by atoms with Gasteiger partial charge in [0.05, 0.1) is 0 Å². The van der Waals surface area contributed by atoms with Crippen molar-refractivity contribution in [1.82, 2.24) is 0 Å². The lowest BCUT2D eigenvalue weighted by Gasteiger charge is -2.00. The molecule has 0 unspecified atom stereocenters. The van der Waals surface area contributed by atoms with Crippen LogP contribution in [-0.2, 0) is 4.79 Å². The lowest BCUT2D eigenvalue weighted by molar-refractivity contribution is -0.118. The zero-order valence-electron chi connectivity index (χ0n) is 7.05. The smallest absolute Gasteiger partial charge is 0.200 e. The molecule has 3 nitrogen and oxygen atoms in total. The van der Waals surface area contributed by atoms with Crippen LogP contribution in [0.1, 0.15) is 38.5 Å². The summed E-state index contributed by atoms with van der Waals surface area (Å²) in [5, 5.41) is 18.3. The molecule has 0 aromatic heterocycles. The van der Waals surface area contributed by atoms with Crippen LogP contribution in [0.15, 0.2) is 11.5 Å². The maximum Gasteiger partial charge on any atom is 0.200 e. The third-order valence-electron chi connectivity index (χ3n) is 2.10. The number of hydrogen-bond acceptors (Lipinski definition) is 3. The van der Waals surface area contributed by atoms with E-state index in [4.69, 9.17) is 5.11 Å². The minimum Gasteiger partial charge on any atom is -0.508 e. The highest BCUT2D eigenvalue weighted by Crippen LogP contribution is 2.16. The molecule has 0 radical (unpaired) electrons. The molecule has 0 saturated heterocycles. The van der Waals surface area contributed by atoms with E-state index in [0.717, 1.165) is 25.7 Å². The van der Waals surface area contributed by atoms with E-state index in [1.165, 1.54) is 0 Å². The summed E-state index contributed by atoms with van der Waals surface area (Å²) in [6, 6.07) is 0. The molecule has 3 heteroatoms. The number of carbonyl (C=O) groups is 1. The molecule has 0 saturated carbocycles. The topological polar surface area (TPSA) is 57.5 Å². The van der Waals surface area contributed by atoms with Gasteiger partial charge in [-0.05, 0) is 12.8 Å². The van der Waals surface area contributed by atoms with E-state index in [-0.39, 0.29) is 11.5 Å². The fourth-order valence-corrected chi connectivity index (χ4v) is 1.33. The van der Waals surface area contributed by atoms with Gasteiger partial charge in [-0.15, -0.1) is 0 Å². The molecule has 12 heavy (non-hydrogen) atoms. The van der Waals surface area contributed by atoms with Crippen molar-refractivity contribution in [3.63, 3.8) is 0 Å². The molecule has 0 fully saturated rings. The van der Waals surface area contributed by atoms with Crippen LogP contribution in [0.5, 0.6) is 0 Å². The predicted octanol–water partition coefficient (Wildman–Crippen LogP) is 2.24. The Morgan fingerprint density at radius 1 is 0.917 bits per heavy atom. The first kappa shape index (κ1) is 9.10. The lowest BCUT2D eigenvalue weighted by Crippen LogP contribution is -2.04. The summed E-state index contributed by atoms with van der Waals surface area (Å²) >= 11 is 0. The van der Waals surface area contributed by atoms with Crippen LogP contribution in [0.4, 0.5) is 0 Å². The third kappa shape index (κ3) is 2.26. The maximum absolute atomic E-state index is 11.1. The van der Waals surface area contributed by atoms with Crippen molar-refractivity contribution in [3.05, 3.63) is 11.5 Å². The molecule has 2 N–H and O–H groups in total. The number of rotatable bonds is 0. The highest BCUT2D eigenvalue weighted by Gasteiger charge is 2.14. The molecule has 1 aliphatic carbocycles. The Kier molecular flexibility index (Phi) is 3.14. The quantitative estimate of drug-likeness (QED) is 0.586. The predicted molar refractivity (Wildman–Crippen MR) is 45.0 cm³/mol. The number of Topliss-reactive ketones (excluding diaryl/α,β-unsaturated/α-hetero) is 1. The summed E-state index contributed by atoms with van der Waals surface area (Å²) < 4.78 is 0. The van der Waals surface area contributed by atoms with E-state index < -0.39 is 5.76 Å². The Labute approximate surface area is 71.7 Å². The van der Waals surface area contributed by atoms with Crippen molar-refractivity contribution in [2.45, 2.75) is 38.5 Å². The van der Waals surface area contributed by atoms with E-state index in [1.807, 2.05) is 0 Å². The SMILES string of the molecule is O=C1CCCCCC/C(O)=C\1O. The normalized spacial score (nSPS) is 27.5. The van der Waals surface area contributed by atoms with Gasteiger partial charge in [-0.3, -0.25) is 4.79 Å². The van der Waals surface area contributed by atoms with Crippen LogP contribution < -0.4 is 0 Å². The molecule has 0 amide bonds. The summed E-state index contributed by atoms with van der Waals surface area (Å²) in [6.45, 7) is 0. The van der Waals surface area contributed by atoms with Crippen LogP contribution in [0.3, 0.4) is 0 Å². The molecule has 0 atom stereocenters. The first-order valence-electron chi connectivity index (χ1n) is 4.36. The second-order valence-corrected chi connectivity index (χ2v) is 3.13. The van der Waals surface area contributed by atoms with Gasteiger partial charge >= 0.3 is 0 Å². The van der Waals surface area contributed by atoms with Gasteiger partial charge in [-0.2, -0.15) is 0 Å². The monoisotopic (exact) mass is 170 g/mol. The first-order chi connectivity index (χ1) is 5.72. The minimum atomic E-state index is -0.420. The van der Waals surface area contributed by atoms with E-state index in [2.05, 4.69) is 0 Å². The van der Waals surface area contributed by atoms with E-state index in [0.29, 0.717) is 12.8 Å².